The Bertz CT molecular complexity index is 1050. The predicted molar refractivity (Wildman–Crippen MR) is 111 cm³/mol. The lowest BCUT2D eigenvalue weighted by molar-refractivity contribution is 0.291. The monoisotopic (exact) mass is 359 g/mol. The van der Waals surface area contributed by atoms with Crippen LogP contribution in [-0.4, -0.2) is 35.1 Å². The lowest BCUT2D eigenvalue weighted by Crippen LogP contribution is -2.16. The molecule has 0 spiro atoms. The number of aromatic nitrogens is 2. The van der Waals surface area contributed by atoms with Gasteiger partial charge in [-0.15, -0.1) is 0 Å². The van der Waals surface area contributed by atoms with Crippen molar-refractivity contribution in [3.63, 3.8) is 0 Å². The van der Waals surface area contributed by atoms with Gasteiger partial charge in [0.05, 0.1) is 11.0 Å². The van der Waals surface area contributed by atoms with Crippen LogP contribution in [0.2, 0.25) is 0 Å². The third-order valence-corrected chi connectivity index (χ3v) is 4.83. The smallest absolute Gasteiger partial charge is 0.147 e. The fourth-order valence-corrected chi connectivity index (χ4v) is 3.49. The van der Waals surface area contributed by atoms with Gasteiger partial charge >= 0.3 is 0 Å². The zero-order valence-corrected chi connectivity index (χ0v) is 15.9. The number of para-hydroxylation sites is 2. The summed E-state index contributed by atoms with van der Waals surface area (Å²) < 4.78 is 8.50. The van der Waals surface area contributed by atoms with Gasteiger partial charge in [-0.1, -0.05) is 48.5 Å². The second kappa shape index (κ2) is 7.80. The number of hydrogen-bond acceptors (Lipinski definition) is 3. The average molecular weight is 359 g/mol. The number of imidazole rings is 1. The third kappa shape index (κ3) is 3.81. The minimum atomic E-state index is 0.463. The summed E-state index contributed by atoms with van der Waals surface area (Å²) in [6, 6.07) is 22.8. The van der Waals surface area contributed by atoms with Crippen molar-refractivity contribution in [1.82, 2.24) is 14.5 Å². The van der Waals surface area contributed by atoms with Crippen LogP contribution in [0.4, 0.5) is 0 Å². The van der Waals surface area contributed by atoms with E-state index in [-0.39, 0.29) is 0 Å². The van der Waals surface area contributed by atoms with Crippen LogP contribution in [0, 0.1) is 0 Å². The van der Waals surface area contributed by atoms with Gasteiger partial charge in [-0.05, 0) is 50.6 Å². The number of nitrogens with zero attached hydrogens (tertiary/aromatic N) is 3. The zero-order chi connectivity index (χ0) is 18.6. The van der Waals surface area contributed by atoms with Gasteiger partial charge in [0.15, 0.2) is 0 Å². The van der Waals surface area contributed by atoms with E-state index in [9.17, 15) is 0 Å². The minimum absolute atomic E-state index is 0.463. The van der Waals surface area contributed by atoms with Crippen LogP contribution in [0.5, 0.6) is 5.75 Å². The summed E-state index contributed by atoms with van der Waals surface area (Å²) in [6.07, 6.45) is 1.08. The highest BCUT2D eigenvalue weighted by molar-refractivity contribution is 5.88. The predicted octanol–water partition coefficient (Wildman–Crippen LogP) is 4.72. The van der Waals surface area contributed by atoms with E-state index in [4.69, 9.17) is 9.72 Å². The van der Waals surface area contributed by atoms with E-state index in [0.29, 0.717) is 6.61 Å². The van der Waals surface area contributed by atoms with Crippen LogP contribution in [0.1, 0.15) is 12.2 Å². The van der Waals surface area contributed by atoms with Crippen molar-refractivity contribution in [3.8, 4) is 5.75 Å². The molecule has 0 aliphatic rings. The topological polar surface area (TPSA) is 30.3 Å². The van der Waals surface area contributed by atoms with Gasteiger partial charge in [-0.25, -0.2) is 4.98 Å². The highest BCUT2D eigenvalue weighted by Crippen LogP contribution is 2.26. The second-order valence-electron chi connectivity index (χ2n) is 7.09. The maximum Gasteiger partial charge on any atom is 0.147 e. The van der Waals surface area contributed by atoms with Crippen molar-refractivity contribution in [2.45, 2.75) is 19.6 Å². The fraction of sp³-hybridized carbons (Fsp3) is 0.261. The Morgan fingerprint density at radius 1 is 0.926 bits per heavy atom. The van der Waals surface area contributed by atoms with Crippen LogP contribution >= 0.6 is 0 Å². The maximum absolute atomic E-state index is 6.21. The van der Waals surface area contributed by atoms with Crippen molar-refractivity contribution < 1.29 is 4.74 Å². The number of rotatable bonds is 7. The summed E-state index contributed by atoms with van der Waals surface area (Å²) in [6.45, 7) is 2.45. The van der Waals surface area contributed by atoms with Gasteiger partial charge < -0.3 is 14.2 Å². The average Bonchev–Trinajstić information content (AvgIpc) is 3.04. The van der Waals surface area contributed by atoms with Crippen molar-refractivity contribution in [1.29, 1.82) is 0 Å². The molecule has 0 aliphatic carbocycles. The molecule has 4 aromatic rings. The van der Waals surface area contributed by atoms with Crippen molar-refractivity contribution in [2.75, 3.05) is 20.6 Å². The number of hydrogen-bond donors (Lipinski definition) is 0. The van der Waals surface area contributed by atoms with Gasteiger partial charge in [0.2, 0.25) is 0 Å². The van der Waals surface area contributed by atoms with Crippen molar-refractivity contribution >= 4 is 21.8 Å². The summed E-state index contributed by atoms with van der Waals surface area (Å²) >= 11 is 0. The first-order valence-electron chi connectivity index (χ1n) is 9.42. The molecule has 0 aliphatic heterocycles. The van der Waals surface area contributed by atoms with Gasteiger partial charge in [-0.2, -0.15) is 0 Å². The summed E-state index contributed by atoms with van der Waals surface area (Å²) in [7, 11) is 4.22. The normalized spacial score (nSPS) is 11.5. The van der Waals surface area contributed by atoms with Gasteiger partial charge in [-0.3, -0.25) is 0 Å². The molecule has 0 radical (unpaired) electrons. The molecule has 0 atom stereocenters. The summed E-state index contributed by atoms with van der Waals surface area (Å²) in [5, 5.41) is 2.32. The number of fused-ring (bicyclic) bond motifs is 2. The molecule has 0 bridgehead atoms. The van der Waals surface area contributed by atoms with Crippen LogP contribution in [0.25, 0.3) is 21.8 Å². The Hall–Kier alpha value is -2.85. The molecule has 0 unspecified atom stereocenters. The highest BCUT2D eigenvalue weighted by atomic mass is 16.5. The molecule has 0 amide bonds. The van der Waals surface area contributed by atoms with Gasteiger partial charge in [0.25, 0.3) is 0 Å². The van der Waals surface area contributed by atoms with E-state index < -0.39 is 0 Å². The molecule has 3 aromatic carbocycles. The Labute approximate surface area is 160 Å². The lowest BCUT2D eigenvalue weighted by Gasteiger charge is -2.13. The van der Waals surface area contributed by atoms with Gasteiger partial charge in [0.1, 0.15) is 18.2 Å². The van der Waals surface area contributed by atoms with Crippen molar-refractivity contribution in [2.24, 2.45) is 0 Å². The van der Waals surface area contributed by atoms with Crippen LogP contribution < -0.4 is 4.74 Å². The highest BCUT2D eigenvalue weighted by Gasteiger charge is 2.12. The molecule has 4 heteroatoms. The lowest BCUT2D eigenvalue weighted by atomic mass is 10.1. The minimum Gasteiger partial charge on any atom is -0.485 e. The Morgan fingerprint density at radius 2 is 1.70 bits per heavy atom. The Morgan fingerprint density at radius 3 is 2.59 bits per heavy atom. The quantitative estimate of drug-likeness (QED) is 0.478. The molecule has 1 heterocycles. The number of benzene rings is 3. The summed E-state index contributed by atoms with van der Waals surface area (Å²) in [5.74, 6) is 1.88. The number of aryl methyl sites for hydroxylation is 1. The molecular formula is C23H25N3O. The molecule has 0 saturated carbocycles. The van der Waals surface area contributed by atoms with E-state index >= 15 is 0 Å². The molecular weight excluding hydrogens is 334 g/mol. The van der Waals surface area contributed by atoms with E-state index in [2.05, 4.69) is 66.0 Å². The van der Waals surface area contributed by atoms with Crippen LogP contribution in [0.15, 0.2) is 66.7 Å². The molecule has 0 fully saturated rings. The van der Waals surface area contributed by atoms with Crippen LogP contribution in [-0.2, 0) is 13.2 Å². The molecule has 27 heavy (non-hydrogen) atoms. The molecule has 1 aromatic heterocycles. The van der Waals surface area contributed by atoms with Crippen LogP contribution in [0.3, 0.4) is 0 Å². The summed E-state index contributed by atoms with van der Waals surface area (Å²) in [5.41, 5.74) is 2.20. The first kappa shape index (κ1) is 17.6. The summed E-state index contributed by atoms with van der Waals surface area (Å²) in [4.78, 5) is 7.04. The zero-order valence-electron chi connectivity index (χ0n) is 15.9. The third-order valence-electron chi connectivity index (χ3n) is 4.83. The molecule has 138 valence electrons. The SMILES string of the molecule is CN(C)CCCn1c(COc2cccc3ccccc23)nc2ccccc21. The molecule has 4 nitrogen and oxygen atoms in total. The Balaban J connectivity index is 1.61. The van der Waals surface area contributed by atoms with E-state index in [1.54, 1.807) is 0 Å². The Kier molecular flexibility index (Phi) is 5.07. The van der Waals surface area contributed by atoms with Gasteiger partial charge in [0, 0.05) is 11.9 Å². The van der Waals surface area contributed by atoms with E-state index in [0.717, 1.165) is 42.0 Å². The largest absolute Gasteiger partial charge is 0.485 e. The van der Waals surface area contributed by atoms with E-state index in [1.807, 2.05) is 24.3 Å². The second-order valence-corrected chi connectivity index (χ2v) is 7.09. The van der Waals surface area contributed by atoms with E-state index in [1.165, 1.54) is 10.9 Å². The molecule has 0 N–H and O–H groups in total. The fourth-order valence-electron chi connectivity index (χ4n) is 3.49. The number of ether oxygens (including phenoxy) is 1. The first-order chi connectivity index (χ1) is 13.2. The first-order valence-corrected chi connectivity index (χ1v) is 9.42. The maximum atomic E-state index is 6.21. The molecule has 4 rings (SSSR count). The standard InChI is InChI=1S/C23H25N3O/c1-25(2)15-8-16-26-21-13-6-5-12-20(21)24-23(26)17-27-22-14-7-10-18-9-3-4-11-19(18)22/h3-7,9-14H,8,15-17H2,1-2H3. The van der Waals surface area contributed by atoms with Crippen molar-refractivity contribution in [3.05, 3.63) is 72.6 Å². The molecule has 0 saturated heterocycles.